The van der Waals surface area contributed by atoms with Crippen molar-refractivity contribution in [3.8, 4) is 12.3 Å². The van der Waals surface area contributed by atoms with Crippen LogP contribution in [0.4, 0.5) is 0 Å². The first-order chi connectivity index (χ1) is 13.6. The van der Waals surface area contributed by atoms with Crippen molar-refractivity contribution in [1.29, 1.82) is 0 Å². The van der Waals surface area contributed by atoms with Crippen molar-refractivity contribution in [2.45, 2.75) is 84.0 Å². The molecule has 29 heavy (non-hydrogen) atoms. The predicted molar refractivity (Wildman–Crippen MR) is 119 cm³/mol. The molecule has 0 amide bonds. The monoisotopic (exact) mass is 409 g/mol. The van der Waals surface area contributed by atoms with E-state index in [2.05, 4.69) is 50.6 Å². The molecular formula is C25H35NO2Si. The van der Waals surface area contributed by atoms with E-state index >= 15 is 0 Å². The normalized spacial score (nSPS) is 43.4. The SMILES string of the molecule is C#C[C@]1(O[Si](C)(C)C)CCC2C3CCC4=Cc5nocc5C[C@]4(C)C3CC[C@@]21C. The van der Waals surface area contributed by atoms with Gasteiger partial charge in [0.05, 0.1) is 0 Å². The maximum absolute atomic E-state index is 6.83. The van der Waals surface area contributed by atoms with Crippen LogP contribution >= 0.6 is 0 Å². The Kier molecular flexibility index (Phi) is 4.14. The minimum atomic E-state index is -1.73. The molecular weight excluding hydrogens is 374 g/mol. The molecule has 0 spiro atoms. The molecule has 0 aliphatic heterocycles. The molecule has 0 saturated heterocycles. The van der Waals surface area contributed by atoms with Crippen LogP contribution in [0.25, 0.3) is 6.08 Å². The van der Waals surface area contributed by atoms with Crippen molar-refractivity contribution in [2.75, 3.05) is 0 Å². The Morgan fingerprint density at radius 3 is 2.66 bits per heavy atom. The van der Waals surface area contributed by atoms with Crippen molar-refractivity contribution in [1.82, 2.24) is 5.16 Å². The van der Waals surface area contributed by atoms with Gasteiger partial charge in [-0.1, -0.05) is 30.5 Å². The highest BCUT2D eigenvalue weighted by Gasteiger charge is 2.65. The Morgan fingerprint density at radius 2 is 1.93 bits per heavy atom. The Morgan fingerprint density at radius 1 is 1.17 bits per heavy atom. The standard InChI is InChI=1S/C25H35NO2Si/c1-7-25(28-29(4,5)6)13-11-21-19-9-8-18-14-22-17(16-27-26-22)15-23(18,2)20(19)10-12-24(21,25)3/h1,14,16,19-21H,8-13,15H2,2-6H3/t19?,20?,21?,23-,24-,25-/m0/s1. The zero-order valence-electron chi connectivity index (χ0n) is 18.7. The van der Waals surface area contributed by atoms with Crippen molar-refractivity contribution in [2.24, 2.45) is 28.6 Å². The van der Waals surface area contributed by atoms with E-state index in [4.69, 9.17) is 15.4 Å². The van der Waals surface area contributed by atoms with E-state index in [-0.39, 0.29) is 16.4 Å². The largest absolute Gasteiger partial charge is 0.401 e. The van der Waals surface area contributed by atoms with Crippen LogP contribution in [0.5, 0.6) is 0 Å². The molecule has 1 heterocycles. The molecule has 3 fully saturated rings. The van der Waals surface area contributed by atoms with Gasteiger partial charge in [-0.2, -0.15) is 0 Å². The third-order valence-corrected chi connectivity index (χ3v) is 10.1. The zero-order valence-corrected chi connectivity index (χ0v) is 19.7. The fourth-order valence-electron chi connectivity index (χ4n) is 7.84. The molecule has 1 aromatic heterocycles. The number of hydrogen-bond donors (Lipinski definition) is 0. The summed E-state index contributed by atoms with van der Waals surface area (Å²) in [6.45, 7) is 11.8. The topological polar surface area (TPSA) is 35.3 Å². The van der Waals surface area contributed by atoms with Gasteiger partial charge < -0.3 is 8.95 Å². The molecule has 6 atom stereocenters. The number of hydrogen-bond acceptors (Lipinski definition) is 3. The summed E-state index contributed by atoms with van der Waals surface area (Å²) in [6, 6.07) is 0. The Hall–Kier alpha value is -1.31. The lowest BCUT2D eigenvalue weighted by Crippen LogP contribution is -2.57. The van der Waals surface area contributed by atoms with Crippen LogP contribution in [0, 0.1) is 40.9 Å². The van der Waals surface area contributed by atoms with E-state index in [0.717, 1.165) is 30.4 Å². The van der Waals surface area contributed by atoms with E-state index < -0.39 is 8.32 Å². The highest BCUT2D eigenvalue weighted by molar-refractivity contribution is 6.69. The van der Waals surface area contributed by atoms with Gasteiger partial charge in [-0.05, 0) is 93.8 Å². The van der Waals surface area contributed by atoms with Gasteiger partial charge in [0.15, 0.2) is 8.32 Å². The zero-order chi connectivity index (χ0) is 20.7. The quantitative estimate of drug-likeness (QED) is 0.438. The Labute approximate surface area is 176 Å². The molecule has 4 heteroatoms. The van der Waals surface area contributed by atoms with Gasteiger partial charge in [0.2, 0.25) is 0 Å². The molecule has 0 bridgehead atoms. The molecule has 3 nitrogen and oxygen atoms in total. The lowest BCUT2D eigenvalue weighted by molar-refractivity contribution is -0.0902. The van der Waals surface area contributed by atoms with Crippen LogP contribution in [-0.2, 0) is 10.8 Å². The van der Waals surface area contributed by atoms with Gasteiger partial charge in [-0.15, -0.1) is 6.42 Å². The molecule has 0 N–H and O–H groups in total. The molecule has 156 valence electrons. The average molecular weight is 410 g/mol. The summed E-state index contributed by atoms with van der Waals surface area (Å²) in [4.78, 5) is 0. The molecule has 0 radical (unpaired) electrons. The molecule has 4 aliphatic rings. The minimum Gasteiger partial charge on any atom is -0.401 e. The first-order valence-electron chi connectivity index (χ1n) is 11.4. The van der Waals surface area contributed by atoms with E-state index in [0.29, 0.717) is 5.92 Å². The average Bonchev–Trinajstić information content (AvgIpc) is 3.20. The van der Waals surface area contributed by atoms with Crippen LogP contribution in [-0.4, -0.2) is 19.1 Å². The second kappa shape index (κ2) is 6.11. The molecule has 4 aliphatic carbocycles. The maximum Gasteiger partial charge on any atom is 0.185 e. The number of terminal acetylenes is 1. The third kappa shape index (κ3) is 2.63. The second-order valence-corrected chi connectivity index (χ2v) is 16.0. The van der Waals surface area contributed by atoms with E-state index in [1.807, 2.05) is 6.26 Å². The second-order valence-electron chi connectivity index (χ2n) is 11.6. The number of aromatic nitrogens is 1. The van der Waals surface area contributed by atoms with Crippen LogP contribution in [0.2, 0.25) is 19.6 Å². The molecule has 1 aromatic rings. The van der Waals surface area contributed by atoms with Crippen LogP contribution in [0.3, 0.4) is 0 Å². The lowest BCUT2D eigenvalue weighted by Gasteiger charge is -2.59. The summed E-state index contributed by atoms with van der Waals surface area (Å²) < 4.78 is 12.1. The lowest BCUT2D eigenvalue weighted by atomic mass is 9.46. The Bertz CT molecular complexity index is 905. The fraction of sp³-hybridized carbons (Fsp3) is 0.720. The number of nitrogens with zero attached hydrogens (tertiary/aromatic N) is 1. The summed E-state index contributed by atoms with van der Waals surface area (Å²) in [7, 11) is -1.73. The summed E-state index contributed by atoms with van der Waals surface area (Å²) in [6.07, 6.45) is 18.7. The summed E-state index contributed by atoms with van der Waals surface area (Å²) in [5.41, 5.74) is 3.94. The minimum absolute atomic E-state index is 0.109. The first kappa shape index (κ1) is 19.6. The van der Waals surface area contributed by atoms with Gasteiger partial charge in [0.1, 0.15) is 17.6 Å². The Balaban J connectivity index is 1.49. The van der Waals surface area contributed by atoms with Gasteiger partial charge in [0, 0.05) is 11.0 Å². The summed E-state index contributed by atoms with van der Waals surface area (Å²) in [5.74, 6) is 5.38. The van der Waals surface area contributed by atoms with Crippen LogP contribution in [0.1, 0.15) is 63.6 Å². The predicted octanol–water partition coefficient (Wildman–Crippen LogP) is 6.08. The van der Waals surface area contributed by atoms with Crippen LogP contribution in [0.15, 0.2) is 16.4 Å². The van der Waals surface area contributed by atoms with Crippen molar-refractivity contribution in [3.05, 3.63) is 23.1 Å². The number of allylic oxidation sites excluding steroid dienone is 1. The van der Waals surface area contributed by atoms with Gasteiger partial charge in [-0.25, -0.2) is 0 Å². The van der Waals surface area contributed by atoms with E-state index in [1.165, 1.54) is 37.7 Å². The van der Waals surface area contributed by atoms with E-state index in [9.17, 15) is 0 Å². The van der Waals surface area contributed by atoms with Gasteiger partial charge in [0.25, 0.3) is 0 Å². The maximum atomic E-state index is 6.83. The highest BCUT2D eigenvalue weighted by atomic mass is 28.4. The number of fused-ring (bicyclic) bond motifs is 6. The summed E-state index contributed by atoms with van der Waals surface area (Å²) in [5, 5.41) is 4.23. The van der Waals surface area contributed by atoms with Crippen molar-refractivity contribution < 1.29 is 8.95 Å². The van der Waals surface area contributed by atoms with E-state index in [1.54, 1.807) is 5.57 Å². The van der Waals surface area contributed by atoms with Crippen LogP contribution < -0.4 is 0 Å². The molecule has 3 saturated carbocycles. The van der Waals surface area contributed by atoms with Gasteiger partial charge >= 0.3 is 0 Å². The van der Waals surface area contributed by atoms with Crippen molar-refractivity contribution in [3.63, 3.8) is 0 Å². The fourth-order valence-corrected chi connectivity index (χ4v) is 9.28. The van der Waals surface area contributed by atoms with Crippen molar-refractivity contribution >= 4 is 14.4 Å². The molecule has 5 rings (SSSR count). The first-order valence-corrected chi connectivity index (χ1v) is 14.8. The molecule has 3 unspecified atom stereocenters. The highest BCUT2D eigenvalue weighted by Crippen LogP contribution is 2.68. The third-order valence-electron chi connectivity index (χ3n) is 9.11. The smallest absolute Gasteiger partial charge is 0.185 e. The van der Waals surface area contributed by atoms with Gasteiger partial charge in [-0.3, -0.25) is 0 Å². The summed E-state index contributed by atoms with van der Waals surface area (Å²) >= 11 is 0. The number of rotatable bonds is 2. The molecule has 0 aromatic carbocycles.